The summed E-state index contributed by atoms with van der Waals surface area (Å²) in [7, 11) is 1.68. The second-order valence-corrected chi connectivity index (χ2v) is 7.36. The summed E-state index contributed by atoms with van der Waals surface area (Å²) in [6, 6.07) is 16.0. The van der Waals surface area contributed by atoms with Gasteiger partial charge in [0.15, 0.2) is 11.5 Å². The Morgan fingerprint density at radius 1 is 1.07 bits per heavy atom. The number of hydrogen-bond acceptors (Lipinski definition) is 4. The molecule has 0 saturated carbocycles. The maximum Gasteiger partial charge on any atom is 0.263 e. The van der Waals surface area contributed by atoms with Gasteiger partial charge in [-0.3, -0.25) is 4.79 Å². The standard InChI is InChI=1S/C21H18FNO3S/c1-23(13-15-4-2-3-5-16(15)22)21(24)20-9-8-19(27-20)14-6-7-17-18(12-14)26-11-10-25-17/h2-9,12H,10-11,13H2,1H3. The number of thiophene rings is 1. The lowest BCUT2D eigenvalue weighted by Crippen LogP contribution is -2.25. The highest BCUT2D eigenvalue weighted by molar-refractivity contribution is 7.17. The van der Waals surface area contributed by atoms with E-state index in [2.05, 4.69) is 0 Å². The summed E-state index contributed by atoms with van der Waals surface area (Å²) >= 11 is 1.41. The van der Waals surface area contributed by atoms with Gasteiger partial charge in [-0.1, -0.05) is 18.2 Å². The van der Waals surface area contributed by atoms with Crippen LogP contribution in [0.4, 0.5) is 4.39 Å². The van der Waals surface area contributed by atoms with Crippen LogP contribution in [0.25, 0.3) is 10.4 Å². The molecule has 2 heterocycles. The highest BCUT2D eigenvalue weighted by Crippen LogP contribution is 2.37. The van der Waals surface area contributed by atoms with Gasteiger partial charge in [-0.15, -0.1) is 11.3 Å². The summed E-state index contributed by atoms with van der Waals surface area (Å²) in [5.74, 6) is 1.02. The van der Waals surface area contributed by atoms with Gasteiger partial charge >= 0.3 is 0 Å². The van der Waals surface area contributed by atoms with E-state index in [9.17, 15) is 9.18 Å². The van der Waals surface area contributed by atoms with Gasteiger partial charge in [0.1, 0.15) is 19.0 Å². The largest absolute Gasteiger partial charge is 0.486 e. The Hall–Kier alpha value is -2.86. The number of nitrogens with zero attached hydrogens (tertiary/aromatic N) is 1. The van der Waals surface area contributed by atoms with Gasteiger partial charge in [-0.2, -0.15) is 0 Å². The van der Waals surface area contributed by atoms with Crippen LogP contribution >= 0.6 is 11.3 Å². The fraction of sp³-hybridized carbons (Fsp3) is 0.190. The van der Waals surface area contributed by atoms with E-state index in [4.69, 9.17) is 9.47 Å². The smallest absolute Gasteiger partial charge is 0.263 e. The minimum Gasteiger partial charge on any atom is -0.486 e. The minimum atomic E-state index is -0.305. The van der Waals surface area contributed by atoms with Crippen molar-refractivity contribution in [2.75, 3.05) is 20.3 Å². The van der Waals surface area contributed by atoms with Crippen LogP contribution in [0.2, 0.25) is 0 Å². The molecule has 27 heavy (non-hydrogen) atoms. The van der Waals surface area contributed by atoms with Crippen LogP contribution in [0.1, 0.15) is 15.2 Å². The molecule has 0 N–H and O–H groups in total. The van der Waals surface area contributed by atoms with Crippen LogP contribution in [0, 0.1) is 5.82 Å². The Kier molecular flexibility index (Phi) is 4.81. The molecule has 2 aromatic carbocycles. The lowest BCUT2D eigenvalue weighted by Gasteiger charge is -2.18. The fourth-order valence-corrected chi connectivity index (χ4v) is 3.94. The Labute approximate surface area is 160 Å². The summed E-state index contributed by atoms with van der Waals surface area (Å²) in [4.78, 5) is 15.8. The van der Waals surface area contributed by atoms with E-state index in [1.165, 1.54) is 22.3 Å². The summed E-state index contributed by atoms with van der Waals surface area (Å²) in [6.07, 6.45) is 0. The summed E-state index contributed by atoms with van der Waals surface area (Å²) in [5, 5.41) is 0. The predicted molar refractivity (Wildman–Crippen MR) is 103 cm³/mol. The molecule has 138 valence electrons. The first-order valence-corrected chi connectivity index (χ1v) is 9.42. The van der Waals surface area contributed by atoms with Crippen LogP contribution in [-0.2, 0) is 6.54 Å². The van der Waals surface area contributed by atoms with E-state index in [0.717, 1.165) is 21.9 Å². The number of hydrogen-bond donors (Lipinski definition) is 0. The van der Waals surface area contributed by atoms with Gasteiger partial charge in [0, 0.05) is 24.0 Å². The zero-order valence-corrected chi connectivity index (χ0v) is 15.6. The fourth-order valence-electron chi connectivity index (χ4n) is 2.95. The molecule has 0 saturated heterocycles. The van der Waals surface area contributed by atoms with E-state index < -0.39 is 0 Å². The lowest BCUT2D eigenvalue weighted by molar-refractivity contribution is 0.0788. The van der Waals surface area contributed by atoms with Crippen LogP contribution in [0.3, 0.4) is 0 Å². The van der Waals surface area contributed by atoms with Crippen molar-refractivity contribution in [2.24, 2.45) is 0 Å². The summed E-state index contributed by atoms with van der Waals surface area (Å²) < 4.78 is 25.0. The molecule has 4 nitrogen and oxygen atoms in total. The van der Waals surface area contributed by atoms with E-state index in [1.54, 1.807) is 31.3 Å². The van der Waals surface area contributed by atoms with Crippen LogP contribution < -0.4 is 9.47 Å². The second kappa shape index (κ2) is 7.40. The number of ether oxygens (including phenoxy) is 2. The number of carbonyl (C=O) groups excluding carboxylic acids is 1. The summed E-state index contributed by atoms with van der Waals surface area (Å²) in [6.45, 7) is 1.31. The monoisotopic (exact) mass is 383 g/mol. The molecule has 1 aromatic heterocycles. The third-order valence-corrected chi connectivity index (χ3v) is 5.48. The third-order valence-electron chi connectivity index (χ3n) is 4.36. The third kappa shape index (κ3) is 3.66. The van der Waals surface area contributed by atoms with Gasteiger partial charge in [0.2, 0.25) is 0 Å². The zero-order valence-electron chi connectivity index (χ0n) is 14.8. The van der Waals surface area contributed by atoms with Crippen LogP contribution in [0.15, 0.2) is 54.6 Å². The van der Waals surface area contributed by atoms with E-state index >= 15 is 0 Å². The Balaban J connectivity index is 1.52. The summed E-state index contributed by atoms with van der Waals surface area (Å²) in [5.41, 5.74) is 1.47. The maximum atomic E-state index is 13.8. The van der Waals surface area contributed by atoms with E-state index in [-0.39, 0.29) is 18.3 Å². The van der Waals surface area contributed by atoms with E-state index in [1.807, 2.05) is 24.3 Å². The predicted octanol–water partition coefficient (Wildman–Crippen LogP) is 4.60. The lowest BCUT2D eigenvalue weighted by atomic mass is 10.1. The maximum absolute atomic E-state index is 13.8. The molecule has 3 aromatic rings. The SMILES string of the molecule is CN(Cc1ccccc1F)C(=O)c1ccc(-c2ccc3c(c2)OCCO3)s1. The number of fused-ring (bicyclic) bond motifs is 1. The second-order valence-electron chi connectivity index (χ2n) is 6.27. The van der Waals surface area contributed by atoms with Crippen molar-refractivity contribution in [3.05, 3.63) is 70.9 Å². The van der Waals surface area contributed by atoms with Gasteiger partial charge in [0.05, 0.1) is 4.88 Å². The number of carbonyl (C=O) groups is 1. The number of amides is 1. The number of benzene rings is 2. The van der Waals surface area contributed by atoms with Crippen molar-refractivity contribution >= 4 is 17.2 Å². The first-order chi connectivity index (χ1) is 13.1. The van der Waals surface area contributed by atoms with Crippen molar-refractivity contribution in [1.82, 2.24) is 4.90 Å². The molecule has 0 fully saturated rings. The van der Waals surface area contributed by atoms with Crippen molar-refractivity contribution in [1.29, 1.82) is 0 Å². The van der Waals surface area contributed by atoms with Gasteiger partial charge in [-0.25, -0.2) is 4.39 Å². The minimum absolute atomic E-state index is 0.132. The van der Waals surface area contributed by atoms with Gasteiger partial charge < -0.3 is 14.4 Å². The average Bonchev–Trinajstić information content (AvgIpc) is 3.19. The first-order valence-electron chi connectivity index (χ1n) is 8.60. The van der Waals surface area contributed by atoms with Gasteiger partial charge in [-0.05, 0) is 42.0 Å². The molecule has 1 amide bonds. The zero-order chi connectivity index (χ0) is 18.8. The molecule has 0 bridgehead atoms. The normalized spacial score (nSPS) is 12.7. The van der Waals surface area contributed by atoms with Crippen molar-refractivity contribution in [3.8, 4) is 21.9 Å². The molecule has 4 rings (SSSR count). The Bertz CT molecular complexity index is 985. The number of halogens is 1. The molecule has 0 radical (unpaired) electrons. The molecule has 0 atom stereocenters. The van der Waals surface area contributed by atoms with E-state index in [0.29, 0.717) is 23.7 Å². The number of rotatable bonds is 4. The molecule has 0 unspecified atom stereocenters. The molecular weight excluding hydrogens is 365 g/mol. The van der Waals surface area contributed by atoms with Crippen LogP contribution in [0.5, 0.6) is 11.5 Å². The van der Waals surface area contributed by atoms with Crippen LogP contribution in [-0.4, -0.2) is 31.1 Å². The van der Waals surface area contributed by atoms with Gasteiger partial charge in [0.25, 0.3) is 5.91 Å². The highest BCUT2D eigenvalue weighted by Gasteiger charge is 2.18. The molecule has 1 aliphatic heterocycles. The van der Waals surface area contributed by atoms with Crippen molar-refractivity contribution < 1.29 is 18.7 Å². The molecular formula is C21H18FNO3S. The quantitative estimate of drug-likeness (QED) is 0.661. The Morgan fingerprint density at radius 3 is 2.67 bits per heavy atom. The Morgan fingerprint density at radius 2 is 1.85 bits per heavy atom. The topological polar surface area (TPSA) is 38.8 Å². The molecule has 0 aliphatic carbocycles. The molecule has 1 aliphatic rings. The molecule has 0 spiro atoms. The van der Waals surface area contributed by atoms with Crippen molar-refractivity contribution in [3.63, 3.8) is 0 Å². The van der Waals surface area contributed by atoms with Crippen molar-refractivity contribution in [2.45, 2.75) is 6.54 Å². The first kappa shape index (κ1) is 17.5. The highest BCUT2D eigenvalue weighted by atomic mass is 32.1. The molecule has 6 heteroatoms. The average molecular weight is 383 g/mol.